The van der Waals surface area contributed by atoms with E-state index < -0.39 is 10.0 Å². The van der Waals surface area contributed by atoms with E-state index in [1.54, 1.807) is 17.5 Å². The van der Waals surface area contributed by atoms with Gasteiger partial charge in [-0.2, -0.15) is 9.40 Å². The Labute approximate surface area is 113 Å². The fraction of sp³-hybridized carbons (Fsp3) is 0.750. The van der Waals surface area contributed by atoms with E-state index in [1.165, 1.54) is 10.9 Å². The number of aromatic nitrogens is 2. The van der Waals surface area contributed by atoms with Crippen molar-refractivity contribution in [2.45, 2.75) is 30.2 Å². The molecule has 1 aromatic heterocycles. The van der Waals surface area contributed by atoms with E-state index in [1.807, 2.05) is 0 Å². The molecule has 0 bridgehead atoms. The summed E-state index contributed by atoms with van der Waals surface area (Å²) in [6.07, 6.45) is 5.87. The largest absolute Gasteiger partial charge is 0.381 e. The molecule has 2 fully saturated rings. The topological polar surface area (TPSA) is 64.4 Å². The lowest BCUT2D eigenvalue weighted by atomic mass is 10.1. The second-order valence-electron chi connectivity index (χ2n) is 5.39. The first-order valence-electron chi connectivity index (χ1n) is 6.65. The number of hydrogen-bond donors (Lipinski definition) is 0. The van der Waals surface area contributed by atoms with Crippen LogP contribution in [0.4, 0.5) is 0 Å². The quantitative estimate of drug-likeness (QED) is 0.795. The van der Waals surface area contributed by atoms with Crippen molar-refractivity contribution >= 4 is 10.0 Å². The zero-order valence-electron chi connectivity index (χ0n) is 11.0. The second kappa shape index (κ2) is 4.88. The van der Waals surface area contributed by atoms with E-state index in [0.29, 0.717) is 24.0 Å². The summed E-state index contributed by atoms with van der Waals surface area (Å²) in [6.45, 7) is 1.99. The molecule has 1 saturated carbocycles. The fourth-order valence-corrected chi connectivity index (χ4v) is 4.20. The molecule has 1 saturated heterocycles. The van der Waals surface area contributed by atoms with Crippen LogP contribution >= 0.6 is 0 Å². The van der Waals surface area contributed by atoms with Crippen LogP contribution in [0.2, 0.25) is 0 Å². The maximum absolute atomic E-state index is 12.6. The third kappa shape index (κ3) is 2.68. The van der Waals surface area contributed by atoms with Gasteiger partial charge < -0.3 is 4.74 Å². The van der Waals surface area contributed by atoms with Gasteiger partial charge in [0.15, 0.2) is 0 Å². The van der Waals surface area contributed by atoms with Crippen LogP contribution < -0.4 is 0 Å². The molecule has 7 heteroatoms. The zero-order chi connectivity index (χ0) is 13.5. The summed E-state index contributed by atoms with van der Waals surface area (Å²) < 4.78 is 33.8. The molecule has 1 atom stereocenters. The Hall–Kier alpha value is -0.920. The number of aryl methyl sites for hydroxylation is 1. The van der Waals surface area contributed by atoms with Crippen LogP contribution in [0, 0.1) is 5.92 Å². The van der Waals surface area contributed by atoms with Crippen molar-refractivity contribution in [3.8, 4) is 0 Å². The van der Waals surface area contributed by atoms with Crippen LogP contribution in [0.15, 0.2) is 17.3 Å². The highest BCUT2D eigenvalue weighted by Crippen LogP contribution is 2.33. The van der Waals surface area contributed by atoms with Crippen molar-refractivity contribution in [3.05, 3.63) is 12.4 Å². The summed E-state index contributed by atoms with van der Waals surface area (Å²) in [5, 5.41) is 3.96. The molecule has 1 aliphatic carbocycles. The second-order valence-corrected chi connectivity index (χ2v) is 7.28. The Morgan fingerprint density at radius 3 is 2.79 bits per heavy atom. The molecular formula is C12H19N3O3S. The fourth-order valence-electron chi connectivity index (χ4n) is 2.46. The van der Waals surface area contributed by atoms with Gasteiger partial charge in [0.05, 0.1) is 12.8 Å². The molecule has 3 rings (SSSR count). The Morgan fingerprint density at radius 2 is 2.26 bits per heavy atom. The van der Waals surface area contributed by atoms with Gasteiger partial charge in [0.1, 0.15) is 4.90 Å². The highest BCUT2D eigenvalue weighted by atomic mass is 32.2. The number of rotatable bonds is 5. The number of ether oxygens (including phenoxy) is 1. The third-order valence-electron chi connectivity index (χ3n) is 3.70. The van der Waals surface area contributed by atoms with Gasteiger partial charge >= 0.3 is 0 Å². The highest BCUT2D eigenvalue weighted by Gasteiger charge is 2.40. The molecular weight excluding hydrogens is 266 g/mol. The number of sulfonamides is 1. The smallest absolute Gasteiger partial charge is 0.246 e. The van der Waals surface area contributed by atoms with Crippen molar-refractivity contribution in [2.75, 3.05) is 19.8 Å². The third-order valence-corrected chi connectivity index (χ3v) is 5.58. The molecule has 0 radical (unpaired) electrons. The van der Waals surface area contributed by atoms with E-state index in [4.69, 9.17) is 4.74 Å². The van der Waals surface area contributed by atoms with Gasteiger partial charge in [0, 0.05) is 32.4 Å². The lowest BCUT2D eigenvalue weighted by molar-refractivity contribution is 0.180. The van der Waals surface area contributed by atoms with Gasteiger partial charge in [0.2, 0.25) is 10.0 Å². The standard InChI is InChI=1S/C12H19N3O3S/c1-14-8-12(6-13-14)19(16,17)15(11-2-3-11)7-10-4-5-18-9-10/h6,8,10-11H,2-5,7,9H2,1H3. The molecule has 19 heavy (non-hydrogen) atoms. The summed E-state index contributed by atoms with van der Waals surface area (Å²) in [4.78, 5) is 0.292. The number of nitrogens with zero attached hydrogens (tertiary/aromatic N) is 3. The van der Waals surface area contributed by atoms with Crippen LogP contribution in [-0.2, 0) is 21.8 Å². The van der Waals surface area contributed by atoms with E-state index in [2.05, 4.69) is 5.10 Å². The summed E-state index contributed by atoms with van der Waals surface area (Å²) in [5.74, 6) is 0.326. The molecule has 6 nitrogen and oxygen atoms in total. The van der Waals surface area contributed by atoms with Gasteiger partial charge in [-0.15, -0.1) is 0 Å². The van der Waals surface area contributed by atoms with Crippen LogP contribution in [-0.4, -0.2) is 48.3 Å². The van der Waals surface area contributed by atoms with Crippen LogP contribution in [0.3, 0.4) is 0 Å². The minimum atomic E-state index is -3.41. The lowest BCUT2D eigenvalue weighted by Gasteiger charge is -2.23. The molecule has 1 aliphatic heterocycles. The molecule has 0 spiro atoms. The molecule has 0 amide bonds. The van der Waals surface area contributed by atoms with Gasteiger partial charge in [-0.25, -0.2) is 8.42 Å². The van der Waals surface area contributed by atoms with E-state index in [-0.39, 0.29) is 6.04 Å². The maximum atomic E-state index is 12.6. The molecule has 1 aromatic rings. The first-order chi connectivity index (χ1) is 9.07. The van der Waals surface area contributed by atoms with E-state index in [9.17, 15) is 8.42 Å². The maximum Gasteiger partial charge on any atom is 0.246 e. The van der Waals surface area contributed by atoms with Crippen molar-refractivity contribution in [3.63, 3.8) is 0 Å². The normalized spacial score (nSPS) is 24.2. The Kier molecular flexibility index (Phi) is 3.36. The van der Waals surface area contributed by atoms with Crippen molar-refractivity contribution in [1.29, 1.82) is 0 Å². The Balaban J connectivity index is 1.82. The summed E-state index contributed by atoms with van der Waals surface area (Å²) in [7, 11) is -1.68. The molecule has 1 unspecified atom stereocenters. The molecule has 0 aromatic carbocycles. The van der Waals surface area contributed by atoms with Crippen molar-refractivity contribution in [2.24, 2.45) is 13.0 Å². The van der Waals surface area contributed by atoms with Gasteiger partial charge in [-0.3, -0.25) is 4.68 Å². The summed E-state index contributed by atoms with van der Waals surface area (Å²) in [5.41, 5.74) is 0. The summed E-state index contributed by atoms with van der Waals surface area (Å²) in [6, 6.07) is 0.172. The molecule has 0 N–H and O–H groups in total. The lowest BCUT2D eigenvalue weighted by Crippen LogP contribution is -2.37. The van der Waals surface area contributed by atoms with Crippen LogP contribution in [0.5, 0.6) is 0 Å². The first kappa shape index (κ1) is 13.1. The van der Waals surface area contributed by atoms with E-state index in [0.717, 1.165) is 25.9 Å². The molecule has 2 aliphatic rings. The monoisotopic (exact) mass is 285 g/mol. The van der Waals surface area contributed by atoms with Gasteiger partial charge in [0.25, 0.3) is 0 Å². The predicted octanol–water partition coefficient (Wildman–Crippen LogP) is 0.610. The van der Waals surface area contributed by atoms with Crippen molar-refractivity contribution < 1.29 is 13.2 Å². The zero-order valence-corrected chi connectivity index (χ0v) is 11.8. The van der Waals surface area contributed by atoms with Gasteiger partial charge in [-0.05, 0) is 25.2 Å². The first-order valence-corrected chi connectivity index (χ1v) is 8.09. The predicted molar refractivity (Wildman–Crippen MR) is 69.0 cm³/mol. The minimum absolute atomic E-state index is 0.172. The molecule has 106 valence electrons. The SMILES string of the molecule is Cn1cc(S(=O)(=O)N(CC2CCOC2)C2CC2)cn1. The highest BCUT2D eigenvalue weighted by molar-refractivity contribution is 7.89. The Morgan fingerprint density at radius 1 is 1.47 bits per heavy atom. The molecule has 2 heterocycles. The van der Waals surface area contributed by atoms with E-state index >= 15 is 0 Å². The van der Waals surface area contributed by atoms with Crippen LogP contribution in [0.25, 0.3) is 0 Å². The summed E-state index contributed by atoms with van der Waals surface area (Å²) >= 11 is 0. The Bertz CT molecular complexity index is 544. The average Bonchev–Trinajstić information content (AvgIpc) is 2.88. The minimum Gasteiger partial charge on any atom is -0.381 e. The van der Waals surface area contributed by atoms with Crippen LogP contribution in [0.1, 0.15) is 19.3 Å². The van der Waals surface area contributed by atoms with Gasteiger partial charge in [-0.1, -0.05) is 0 Å². The number of hydrogen-bond acceptors (Lipinski definition) is 4. The average molecular weight is 285 g/mol. The van der Waals surface area contributed by atoms with Crippen molar-refractivity contribution in [1.82, 2.24) is 14.1 Å².